The molecule has 3 rings (SSSR count). The molecule has 1 heterocycles. The second-order valence-corrected chi connectivity index (χ2v) is 7.46. The van der Waals surface area contributed by atoms with Crippen molar-refractivity contribution in [1.29, 1.82) is 0 Å². The van der Waals surface area contributed by atoms with Crippen LogP contribution >= 0.6 is 0 Å². The Bertz CT molecular complexity index is 537. The van der Waals surface area contributed by atoms with Crippen LogP contribution < -0.4 is 0 Å². The van der Waals surface area contributed by atoms with Crippen molar-refractivity contribution in [3.63, 3.8) is 0 Å². The first-order chi connectivity index (χ1) is 12.2. The van der Waals surface area contributed by atoms with Crippen molar-refractivity contribution in [3.05, 3.63) is 24.3 Å². The van der Waals surface area contributed by atoms with Crippen LogP contribution in [0.25, 0.3) is 0 Å². The molecule has 0 N–H and O–H groups in total. The average molecular weight is 346 g/mol. The number of carbonyl (C=O) groups is 2. The van der Waals surface area contributed by atoms with E-state index in [4.69, 9.17) is 4.74 Å². The first-order valence-electron chi connectivity index (χ1n) is 9.58. The predicted octanol–water partition coefficient (Wildman–Crippen LogP) is 2.24. The molecule has 25 heavy (non-hydrogen) atoms. The van der Waals surface area contributed by atoms with Crippen molar-refractivity contribution in [2.75, 3.05) is 39.9 Å². The van der Waals surface area contributed by atoms with Gasteiger partial charge >= 0.3 is 0 Å². The summed E-state index contributed by atoms with van der Waals surface area (Å²) in [7, 11) is 1.90. The van der Waals surface area contributed by atoms with Gasteiger partial charge in [-0.2, -0.15) is 0 Å². The lowest BCUT2D eigenvalue weighted by atomic mass is 9.80. The van der Waals surface area contributed by atoms with Crippen LogP contribution in [-0.4, -0.2) is 61.5 Å². The van der Waals surface area contributed by atoms with Crippen LogP contribution in [-0.2, 0) is 14.3 Å². The summed E-state index contributed by atoms with van der Waals surface area (Å²) < 4.78 is 5.35. The van der Waals surface area contributed by atoms with Crippen LogP contribution in [0.15, 0.2) is 24.3 Å². The molecule has 2 amide bonds. The van der Waals surface area contributed by atoms with E-state index in [1.165, 1.54) is 0 Å². The summed E-state index contributed by atoms with van der Waals surface area (Å²) >= 11 is 0. The summed E-state index contributed by atoms with van der Waals surface area (Å²) in [5.74, 6) is 0.366. The molecule has 0 aromatic rings. The third-order valence-electron chi connectivity index (χ3n) is 5.68. The highest BCUT2D eigenvalue weighted by atomic mass is 16.5. The number of nitrogens with zero attached hydrogens (tertiary/aromatic N) is 2. The first kappa shape index (κ1) is 18.2. The van der Waals surface area contributed by atoms with Gasteiger partial charge in [0.25, 0.3) is 0 Å². The second kappa shape index (κ2) is 8.65. The minimum absolute atomic E-state index is 0.125. The van der Waals surface area contributed by atoms with Crippen LogP contribution in [0.4, 0.5) is 0 Å². The Morgan fingerprint density at radius 2 is 1.72 bits per heavy atom. The molecule has 138 valence electrons. The van der Waals surface area contributed by atoms with Crippen molar-refractivity contribution in [2.45, 2.75) is 32.1 Å². The molecule has 0 aromatic carbocycles. The second-order valence-electron chi connectivity index (χ2n) is 7.46. The molecule has 0 saturated carbocycles. The van der Waals surface area contributed by atoms with Gasteiger partial charge < -0.3 is 14.5 Å². The lowest BCUT2D eigenvalue weighted by Gasteiger charge is -2.36. The predicted molar refractivity (Wildman–Crippen MR) is 96.9 cm³/mol. The van der Waals surface area contributed by atoms with Gasteiger partial charge in [-0.15, -0.1) is 0 Å². The number of amides is 2. The zero-order valence-electron chi connectivity index (χ0n) is 15.2. The third kappa shape index (κ3) is 4.51. The zero-order chi connectivity index (χ0) is 17.6. The summed E-state index contributed by atoms with van der Waals surface area (Å²) in [6.45, 7) is 3.28. The fourth-order valence-corrected chi connectivity index (χ4v) is 4.16. The molecule has 5 nitrogen and oxygen atoms in total. The highest BCUT2D eigenvalue weighted by molar-refractivity contribution is 5.88. The van der Waals surface area contributed by atoms with Gasteiger partial charge in [0, 0.05) is 26.7 Å². The number of morpholine rings is 1. The maximum Gasteiger partial charge on any atom is 0.226 e. The number of allylic oxidation sites excluding steroid dienone is 4. The minimum atomic E-state index is -0.218. The van der Waals surface area contributed by atoms with E-state index in [1.807, 2.05) is 16.8 Å². The molecule has 1 fully saturated rings. The molecule has 0 bridgehead atoms. The molecule has 5 heteroatoms. The Kier molecular flexibility index (Phi) is 6.29. The largest absolute Gasteiger partial charge is 0.378 e. The first-order valence-corrected chi connectivity index (χ1v) is 9.58. The van der Waals surface area contributed by atoms with Gasteiger partial charge in [0.1, 0.15) is 0 Å². The fourth-order valence-electron chi connectivity index (χ4n) is 4.16. The third-order valence-corrected chi connectivity index (χ3v) is 5.68. The maximum absolute atomic E-state index is 13.0. The van der Waals surface area contributed by atoms with Crippen molar-refractivity contribution in [2.24, 2.45) is 17.8 Å². The van der Waals surface area contributed by atoms with Crippen LogP contribution in [0, 0.1) is 17.8 Å². The molecule has 1 saturated heterocycles. The summed E-state index contributed by atoms with van der Waals surface area (Å²) in [6.07, 6.45) is 13.2. The topological polar surface area (TPSA) is 49.9 Å². The summed E-state index contributed by atoms with van der Waals surface area (Å²) in [5, 5.41) is 0. The maximum atomic E-state index is 13.0. The molecular weight excluding hydrogens is 316 g/mol. The molecule has 3 aliphatic rings. The van der Waals surface area contributed by atoms with Crippen LogP contribution in [0.5, 0.6) is 0 Å². The quantitative estimate of drug-likeness (QED) is 0.734. The summed E-state index contributed by atoms with van der Waals surface area (Å²) in [6, 6.07) is 0. The Hall–Kier alpha value is -1.62. The lowest BCUT2D eigenvalue weighted by Crippen LogP contribution is -2.49. The number of carbonyl (C=O) groups excluding carboxylic acids is 2. The molecular formula is C20H30N2O3. The van der Waals surface area contributed by atoms with Crippen molar-refractivity contribution in [3.8, 4) is 0 Å². The Labute approximate surface area is 150 Å². The van der Waals surface area contributed by atoms with Crippen molar-refractivity contribution in [1.82, 2.24) is 9.80 Å². The monoisotopic (exact) mass is 346 g/mol. The average Bonchev–Trinajstić information content (AvgIpc) is 2.68. The van der Waals surface area contributed by atoms with E-state index in [1.54, 1.807) is 0 Å². The molecule has 0 spiro atoms. The van der Waals surface area contributed by atoms with Gasteiger partial charge in [0.15, 0.2) is 0 Å². The molecule has 3 atom stereocenters. The van der Waals surface area contributed by atoms with Crippen molar-refractivity contribution >= 4 is 11.8 Å². The van der Waals surface area contributed by atoms with E-state index in [2.05, 4.69) is 24.3 Å². The Morgan fingerprint density at radius 3 is 2.40 bits per heavy atom. The van der Waals surface area contributed by atoms with Gasteiger partial charge in [-0.1, -0.05) is 24.3 Å². The van der Waals surface area contributed by atoms with Crippen molar-refractivity contribution < 1.29 is 14.3 Å². The summed E-state index contributed by atoms with van der Waals surface area (Å²) in [4.78, 5) is 29.7. The fraction of sp³-hybridized carbons (Fsp3) is 0.700. The van der Waals surface area contributed by atoms with E-state index in [-0.39, 0.29) is 23.7 Å². The van der Waals surface area contributed by atoms with Crippen LogP contribution in [0.3, 0.4) is 0 Å². The standard InChI is InChI=1S/C20H30N2O3/c1-21(15-16-7-3-2-4-8-16)19(23)17-9-5-6-10-18(17)20(24)22-11-13-25-14-12-22/h2-3,5-6,16-18H,4,7-15H2,1H3/t16-,17+,18+/m1/s1. The lowest BCUT2D eigenvalue weighted by molar-refractivity contribution is -0.148. The Balaban J connectivity index is 1.62. The van der Waals surface area contributed by atoms with Gasteiger partial charge in [-0.25, -0.2) is 0 Å². The molecule has 0 unspecified atom stereocenters. The normalized spacial score (nSPS) is 29.5. The number of hydrogen-bond acceptors (Lipinski definition) is 3. The highest BCUT2D eigenvalue weighted by Gasteiger charge is 2.38. The Morgan fingerprint density at radius 1 is 1.04 bits per heavy atom. The molecule has 0 aromatic heterocycles. The summed E-state index contributed by atoms with van der Waals surface area (Å²) in [5.41, 5.74) is 0. The van der Waals surface area contributed by atoms with Gasteiger partial charge in [-0.3, -0.25) is 9.59 Å². The molecule has 1 aliphatic heterocycles. The van der Waals surface area contributed by atoms with Gasteiger partial charge in [-0.05, 0) is 38.0 Å². The van der Waals surface area contributed by atoms with E-state index in [9.17, 15) is 9.59 Å². The SMILES string of the molecule is CN(C[C@@H]1CC=CCC1)C(=O)[C@H]1CC=CC[C@@H]1C(=O)N1CCOCC1. The smallest absolute Gasteiger partial charge is 0.226 e. The van der Waals surface area contributed by atoms with E-state index < -0.39 is 0 Å². The molecule has 2 aliphatic carbocycles. The van der Waals surface area contributed by atoms with E-state index in [0.717, 1.165) is 25.8 Å². The highest BCUT2D eigenvalue weighted by Crippen LogP contribution is 2.30. The molecule has 0 radical (unpaired) electrons. The zero-order valence-corrected chi connectivity index (χ0v) is 15.2. The van der Waals surface area contributed by atoms with E-state index >= 15 is 0 Å². The number of rotatable bonds is 4. The number of ether oxygens (including phenoxy) is 1. The van der Waals surface area contributed by atoms with E-state index in [0.29, 0.717) is 45.1 Å². The minimum Gasteiger partial charge on any atom is -0.378 e. The van der Waals surface area contributed by atoms with Gasteiger partial charge in [0.05, 0.1) is 25.0 Å². The van der Waals surface area contributed by atoms with Crippen LogP contribution in [0.2, 0.25) is 0 Å². The van der Waals surface area contributed by atoms with Gasteiger partial charge in [0.2, 0.25) is 11.8 Å². The van der Waals surface area contributed by atoms with Crippen LogP contribution in [0.1, 0.15) is 32.1 Å². The number of hydrogen-bond donors (Lipinski definition) is 0.